The van der Waals surface area contributed by atoms with E-state index in [0.717, 1.165) is 48.8 Å². The molecular weight excluding hydrogens is 396 g/mol. The van der Waals surface area contributed by atoms with Gasteiger partial charge < -0.3 is 10.1 Å². The maximum absolute atomic E-state index is 5.86. The molecule has 0 fully saturated rings. The first-order valence-electron chi connectivity index (χ1n) is 11.0. The first-order chi connectivity index (χ1) is 15.8. The van der Waals surface area contributed by atoms with Gasteiger partial charge in [-0.2, -0.15) is 0 Å². The van der Waals surface area contributed by atoms with Gasteiger partial charge in [-0.05, 0) is 35.4 Å². The highest BCUT2D eigenvalue weighted by Gasteiger charge is 2.18. The van der Waals surface area contributed by atoms with Crippen molar-refractivity contribution in [2.24, 2.45) is 0 Å². The predicted octanol–water partition coefficient (Wildman–Crippen LogP) is 5.44. The Balaban J connectivity index is 1.16. The van der Waals surface area contributed by atoms with Crippen molar-refractivity contribution in [3.8, 4) is 11.5 Å². The molecule has 0 atom stereocenters. The van der Waals surface area contributed by atoms with E-state index in [-0.39, 0.29) is 0 Å². The van der Waals surface area contributed by atoms with Gasteiger partial charge in [0.05, 0.1) is 5.69 Å². The van der Waals surface area contributed by atoms with Gasteiger partial charge in [-0.25, -0.2) is 9.97 Å². The van der Waals surface area contributed by atoms with Gasteiger partial charge in [-0.3, -0.25) is 4.90 Å². The largest absolute Gasteiger partial charge is 0.457 e. The normalized spacial score (nSPS) is 13.4. The average molecular weight is 423 g/mol. The van der Waals surface area contributed by atoms with E-state index in [1.54, 1.807) is 0 Å². The Kier molecular flexibility index (Phi) is 6.08. The van der Waals surface area contributed by atoms with Crippen molar-refractivity contribution in [2.75, 3.05) is 11.9 Å². The van der Waals surface area contributed by atoms with E-state index in [9.17, 15) is 0 Å². The second-order valence-corrected chi connectivity index (χ2v) is 8.02. The van der Waals surface area contributed by atoms with Crippen LogP contribution in [0.5, 0.6) is 11.5 Å². The number of benzene rings is 3. The highest BCUT2D eigenvalue weighted by Crippen LogP contribution is 2.22. The third-order valence-corrected chi connectivity index (χ3v) is 5.61. The molecule has 0 amide bonds. The number of aromatic nitrogens is 2. The molecule has 0 radical (unpaired) electrons. The van der Waals surface area contributed by atoms with Gasteiger partial charge in [-0.1, -0.05) is 60.7 Å². The lowest BCUT2D eigenvalue weighted by molar-refractivity contribution is 0.243. The smallest absolute Gasteiger partial charge is 0.223 e. The lowest BCUT2D eigenvalue weighted by Gasteiger charge is -2.28. The standard InChI is InChI=1S/C27H26N4O/c1-3-7-22(8-4-1)19-31-16-15-26-23(20-31)18-29-27(30-26)28-17-21-11-13-25(14-12-21)32-24-9-5-2-6-10-24/h1-14,18H,15-17,19-20H2,(H,28,29,30). The van der Waals surface area contributed by atoms with Crippen LogP contribution in [0.2, 0.25) is 0 Å². The van der Waals surface area contributed by atoms with Crippen molar-refractivity contribution >= 4 is 5.95 Å². The number of rotatable bonds is 7. The molecule has 0 spiro atoms. The summed E-state index contributed by atoms with van der Waals surface area (Å²) in [5.41, 5.74) is 4.87. The van der Waals surface area contributed by atoms with Crippen molar-refractivity contribution in [1.82, 2.24) is 14.9 Å². The minimum absolute atomic E-state index is 0.671. The van der Waals surface area contributed by atoms with E-state index >= 15 is 0 Å². The van der Waals surface area contributed by atoms with Crippen LogP contribution in [0.3, 0.4) is 0 Å². The molecule has 5 nitrogen and oxygen atoms in total. The van der Waals surface area contributed by atoms with Crippen molar-refractivity contribution in [3.05, 3.63) is 114 Å². The fourth-order valence-corrected chi connectivity index (χ4v) is 3.92. The topological polar surface area (TPSA) is 50.3 Å². The molecule has 0 saturated carbocycles. The summed E-state index contributed by atoms with van der Waals surface area (Å²) in [6.45, 7) is 3.55. The van der Waals surface area contributed by atoms with E-state index in [4.69, 9.17) is 9.72 Å². The van der Waals surface area contributed by atoms with E-state index < -0.39 is 0 Å². The molecule has 0 aliphatic carbocycles. The summed E-state index contributed by atoms with van der Waals surface area (Å²) in [5.74, 6) is 2.35. The number of nitrogens with one attached hydrogen (secondary N) is 1. The molecule has 0 bridgehead atoms. The number of para-hydroxylation sites is 1. The van der Waals surface area contributed by atoms with Crippen LogP contribution in [-0.2, 0) is 26.1 Å². The number of hydrogen-bond acceptors (Lipinski definition) is 5. The van der Waals surface area contributed by atoms with Gasteiger partial charge >= 0.3 is 0 Å². The van der Waals surface area contributed by atoms with Crippen LogP contribution in [-0.4, -0.2) is 21.4 Å². The van der Waals surface area contributed by atoms with Crippen LogP contribution in [0.4, 0.5) is 5.95 Å². The molecule has 2 heterocycles. The molecule has 160 valence electrons. The van der Waals surface area contributed by atoms with E-state index in [2.05, 4.69) is 57.7 Å². The van der Waals surface area contributed by atoms with Crippen LogP contribution in [0.15, 0.2) is 91.1 Å². The van der Waals surface area contributed by atoms with Gasteiger partial charge in [0.15, 0.2) is 0 Å². The van der Waals surface area contributed by atoms with Crippen molar-refractivity contribution in [3.63, 3.8) is 0 Å². The van der Waals surface area contributed by atoms with Crippen LogP contribution in [0.25, 0.3) is 0 Å². The van der Waals surface area contributed by atoms with E-state index in [1.807, 2.05) is 48.7 Å². The van der Waals surface area contributed by atoms with Gasteiger partial charge in [-0.15, -0.1) is 0 Å². The molecule has 5 rings (SSSR count). The summed E-state index contributed by atoms with van der Waals surface area (Å²) in [7, 11) is 0. The van der Waals surface area contributed by atoms with Crippen LogP contribution in [0, 0.1) is 0 Å². The van der Waals surface area contributed by atoms with Gasteiger partial charge in [0.25, 0.3) is 0 Å². The SMILES string of the molecule is c1ccc(CN2CCc3nc(NCc4ccc(Oc5ccccc5)cc4)ncc3C2)cc1. The first-order valence-corrected chi connectivity index (χ1v) is 11.0. The molecule has 32 heavy (non-hydrogen) atoms. The van der Waals surface area contributed by atoms with Gasteiger partial charge in [0.1, 0.15) is 11.5 Å². The summed E-state index contributed by atoms with van der Waals surface area (Å²) in [5, 5.41) is 3.35. The Morgan fingerprint density at radius 2 is 1.53 bits per heavy atom. The maximum Gasteiger partial charge on any atom is 0.223 e. The summed E-state index contributed by atoms with van der Waals surface area (Å²) < 4.78 is 5.86. The fourth-order valence-electron chi connectivity index (χ4n) is 3.92. The zero-order valence-corrected chi connectivity index (χ0v) is 17.9. The first kappa shape index (κ1) is 20.2. The second-order valence-electron chi connectivity index (χ2n) is 8.02. The Morgan fingerprint density at radius 3 is 2.31 bits per heavy atom. The van der Waals surface area contributed by atoms with Crippen molar-refractivity contribution in [2.45, 2.75) is 26.1 Å². The highest BCUT2D eigenvalue weighted by molar-refractivity contribution is 5.36. The molecular formula is C27H26N4O. The molecule has 1 N–H and O–H groups in total. The number of nitrogens with zero attached hydrogens (tertiary/aromatic N) is 3. The second kappa shape index (κ2) is 9.62. The Morgan fingerprint density at radius 1 is 0.812 bits per heavy atom. The third-order valence-electron chi connectivity index (χ3n) is 5.61. The summed E-state index contributed by atoms with van der Waals surface area (Å²) in [6, 6.07) is 28.5. The molecule has 1 aromatic heterocycles. The zero-order chi connectivity index (χ0) is 21.6. The van der Waals surface area contributed by atoms with Gasteiger partial charge in [0.2, 0.25) is 5.95 Å². The summed E-state index contributed by atoms with van der Waals surface area (Å²) in [6.07, 6.45) is 2.92. The lowest BCUT2D eigenvalue weighted by Crippen LogP contribution is -2.31. The Labute approximate surface area is 188 Å². The predicted molar refractivity (Wildman–Crippen MR) is 127 cm³/mol. The van der Waals surface area contributed by atoms with E-state index in [1.165, 1.54) is 11.1 Å². The lowest BCUT2D eigenvalue weighted by atomic mass is 10.1. The zero-order valence-electron chi connectivity index (χ0n) is 17.9. The quantitative estimate of drug-likeness (QED) is 0.430. The minimum Gasteiger partial charge on any atom is -0.457 e. The van der Waals surface area contributed by atoms with Crippen LogP contribution >= 0.6 is 0 Å². The molecule has 0 unspecified atom stereocenters. The molecule has 1 aliphatic heterocycles. The molecule has 3 aromatic carbocycles. The number of hydrogen-bond donors (Lipinski definition) is 1. The number of ether oxygens (including phenoxy) is 1. The summed E-state index contributed by atoms with van der Waals surface area (Å²) in [4.78, 5) is 11.8. The molecule has 1 aliphatic rings. The van der Waals surface area contributed by atoms with Crippen LogP contribution in [0.1, 0.15) is 22.4 Å². The maximum atomic E-state index is 5.86. The summed E-state index contributed by atoms with van der Waals surface area (Å²) >= 11 is 0. The van der Waals surface area contributed by atoms with Gasteiger partial charge in [0, 0.05) is 44.4 Å². The molecule has 4 aromatic rings. The number of fused-ring (bicyclic) bond motifs is 1. The highest BCUT2D eigenvalue weighted by atomic mass is 16.5. The third kappa shape index (κ3) is 5.13. The average Bonchev–Trinajstić information content (AvgIpc) is 2.85. The molecule has 5 heteroatoms. The minimum atomic E-state index is 0.671. The fraction of sp³-hybridized carbons (Fsp3) is 0.185. The molecule has 0 saturated heterocycles. The number of anilines is 1. The Bertz CT molecular complexity index is 1150. The monoisotopic (exact) mass is 422 g/mol. The Hall–Kier alpha value is -3.70. The van der Waals surface area contributed by atoms with Crippen molar-refractivity contribution in [1.29, 1.82) is 0 Å². The van der Waals surface area contributed by atoms with Crippen LogP contribution < -0.4 is 10.1 Å². The van der Waals surface area contributed by atoms with E-state index in [0.29, 0.717) is 12.5 Å². The van der Waals surface area contributed by atoms with Crippen molar-refractivity contribution < 1.29 is 4.74 Å².